The summed E-state index contributed by atoms with van der Waals surface area (Å²) < 4.78 is 0. The van der Waals surface area contributed by atoms with Gasteiger partial charge in [-0.3, -0.25) is 9.69 Å². The molecule has 0 spiro atoms. The van der Waals surface area contributed by atoms with Crippen molar-refractivity contribution < 1.29 is 19.5 Å². The summed E-state index contributed by atoms with van der Waals surface area (Å²) in [5.74, 6) is -0.251. The van der Waals surface area contributed by atoms with Crippen LogP contribution in [0.1, 0.15) is 19.3 Å². The maximum Gasteiger partial charge on any atom is 0.327 e. The van der Waals surface area contributed by atoms with Gasteiger partial charge in [0.2, 0.25) is 5.91 Å². The minimum absolute atomic E-state index is 0.0407. The highest BCUT2D eigenvalue weighted by molar-refractivity contribution is 8.00. The molecule has 2 rings (SSSR count). The Morgan fingerprint density at radius 1 is 1.38 bits per heavy atom. The molecule has 0 aromatic heterocycles. The Labute approximate surface area is 128 Å². The molecular weight excluding hydrogens is 294 g/mol. The van der Waals surface area contributed by atoms with Crippen LogP contribution in [0, 0.1) is 5.92 Å². The van der Waals surface area contributed by atoms with Gasteiger partial charge in [0, 0.05) is 32.8 Å². The molecule has 1 aliphatic carbocycles. The number of carboxylic acid groups (broad SMARTS) is 1. The van der Waals surface area contributed by atoms with E-state index in [0.29, 0.717) is 11.7 Å². The Kier molecular flexibility index (Phi) is 4.97. The summed E-state index contributed by atoms with van der Waals surface area (Å²) in [7, 11) is 3.15. The molecule has 1 saturated heterocycles. The van der Waals surface area contributed by atoms with Gasteiger partial charge in [0.15, 0.2) is 0 Å². The highest BCUT2D eigenvalue weighted by Gasteiger charge is 2.48. The number of amides is 3. The predicted octanol–water partition coefficient (Wildman–Crippen LogP) is 0.412. The summed E-state index contributed by atoms with van der Waals surface area (Å²) in [6.45, 7) is 0.281. The number of carbonyl (C=O) groups excluding carboxylic acids is 2. The van der Waals surface area contributed by atoms with Gasteiger partial charge in [-0.15, -0.1) is 11.8 Å². The summed E-state index contributed by atoms with van der Waals surface area (Å²) in [6, 6.07) is -1.07. The molecule has 3 amide bonds. The third-order valence-electron chi connectivity index (χ3n) is 3.85. The quantitative estimate of drug-likeness (QED) is 0.767. The van der Waals surface area contributed by atoms with Gasteiger partial charge in [-0.2, -0.15) is 0 Å². The number of thioether (sulfide) groups is 1. The van der Waals surface area contributed by atoms with Crippen molar-refractivity contribution in [1.29, 1.82) is 0 Å². The van der Waals surface area contributed by atoms with E-state index in [2.05, 4.69) is 5.32 Å². The van der Waals surface area contributed by atoms with E-state index < -0.39 is 12.0 Å². The van der Waals surface area contributed by atoms with E-state index in [1.54, 1.807) is 25.9 Å². The molecule has 2 unspecified atom stereocenters. The maximum absolute atomic E-state index is 12.5. The fraction of sp³-hybridized carbons (Fsp3) is 0.769. The monoisotopic (exact) mass is 315 g/mol. The number of carboxylic acids is 1. The van der Waals surface area contributed by atoms with Crippen LogP contribution in [0.15, 0.2) is 0 Å². The van der Waals surface area contributed by atoms with E-state index in [4.69, 9.17) is 0 Å². The van der Waals surface area contributed by atoms with Crippen molar-refractivity contribution in [2.75, 3.05) is 26.4 Å². The van der Waals surface area contributed by atoms with Crippen LogP contribution >= 0.6 is 11.8 Å². The van der Waals surface area contributed by atoms with Gasteiger partial charge in [0.1, 0.15) is 6.04 Å². The Balaban J connectivity index is 2.02. The molecule has 0 aromatic carbocycles. The van der Waals surface area contributed by atoms with Gasteiger partial charge in [0.25, 0.3) is 0 Å². The summed E-state index contributed by atoms with van der Waals surface area (Å²) in [5.41, 5.74) is 0. The third-order valence-corrected chi connectivity index (χ3v) is 5.31. The zero-order valence-corrected chi connectivity index (χ0v) is 13.1. The Morgan fingerprint density at radius 2 is 2.05 bits per heavy atom. The molecule has 7 nitrogen and oxygen atoms in total. The molecule has 2 N–H and O–H groups in total. The lowest BCUT2D eigenvalue weighted by Crippen LogP contribution is -2.51. The molecule has 1 heterocycles. The standard InChI is InChI=1S/C13H21N3O4S/c1-14-10(17)5-6-15(2)13(20)16-9(12(18)19)7-21-11(16)8-3-4-8/h8-9,11H,3-7H2,1-2H3,(H,14,17)(H,18,19). The molecule has 21 heavy (non-hydrogen) atoms. The van der Waals surface area contributed by atoms with Crippen LogP contribution in [0.3, 0.4) is 0 Å². The van der Waals surface area contributed by atoms with Crippen LogP contribution < -0.4 is 5.32 Å². The molecule has 2 fully saturated rings. The van der Waals surface area contributed by atoms with Gasteiger partial charge in [0.05, 0.1) is 5.37 Å². The lowest BCUT2D eigenvalue weighted by Gasteiger charge is -2.31. The molecule has 0 aromatic rings. The van der Waals surface area contributed by atoms with Crippen LogP contribution in [-0.4, -0.2) is 70.6 Å². The molecule has 2 atom stereocenters. The van der Waals surface area contributed by atoms with E-state index in [9.17, 15) is 19.5 Å². The number of urea groups is 1. The Hall–Kier alpha value is -1.44. The average Bonchev–Trinajstić information content (AvgIpc) is 3.21. The molecule has 2 aliphatic rings. The largest absolute Gasteiger partial charge is 0.480 e. The van der Waals surface area contributed by atoms with E-state index in [0.717, 1.165) is 12.8 Å². The van der Waals surface area contributed by atoms with Crippen LogP contribution in [0.4, 0.5) is 4.79 Å². The van der Waals surface area contributed by atoms with Gasteiger partial charge in [-0.25, -0.2) is 9.59 Å². The minimum atomic E-state index is -0.960. The average molecular weight is 315 g/mol. The minimum Gasteiger partial charge on any atom is -0.480 e. The van der Waals surface area contributed by atoms with Crippen molar-refractivity contribution in [3.8, 4) is 0 Å². The zero-order valence-electron chi connectivity index (χ0n) is 12.2. The summed E-state index contributed by atoms with van der Waals surface area (Å²) >= 11 is 1.55. The first kappa shape index (κ1) is 15.9. The van der Waals surface area contributed by atoms with Crippen molar-refractivity contribution >= 4 is 29.7 Å². The normalized spacial score (nSPS) is 24.8. The van der Waals surface area contributed by atoms with E-state index in [1.165, 1.54) is 9.80 Å². The first-order valence-corrected chi connectivity index (χ1v) is 8.09. The van der Waals surface area contributed by atoms with Gasteiger partial charge in [-0.05, 0) is 18.8 Å². The topological polar surface area (TPSA) is 90.0 Å². The fourth-order valence-corrected chi connectivity index (χ4v) is 4.02. The molecule has 118 valence electrons. The number of hydrogen-bond acceptors (Lipinski definition) is 4. The van der Waals surface area contributed by atoms with Crippen molar-refractivity contribution in [2.24, 2.45) is 5.92 Å². The number of aliphatic carboxylic acids is 1. The molecule has 0 radical (unpaired) electrons. The van der Waals surface area contributed by atoms with Crippen LogP contribution in [0.2, 0.25) is 0 Å². The number of nitrogens with zero attached hydrogens (tertiary/aromatic N) is 2. The molecule has 1 saturated carbocycles. The smallest absolute Gasteiger partial charge is 0.327 e. The second-order valence-corrected chi connectivity index (χ2v) is 6.60. The number of rotatable bonds is 5. The third kappa shape index (κ3) is 3.61. The summed E-state index contributed by atoms with van der Waals surface area (Å²) in [4.78, 5) is 38.1. The second kappa shape index (κ2) is 6.55. The first-order chi connectivity index (χ1) is 9.95. The second-order valence-electron chi connectivity index (χ2n) is 5.45. The zero-order chi connectivity index (χ0) is 15.6. The first-order valence-electron chi connectivity index (χ1n) is 7.04. The summed E-state index contributed by atoms with van der Waals surface area (Å²) in [6.07, 6.45) is 2.32. The predicted molar refractivity (Wildman–Crippen MR) is 78.9 cm³/mol. The van der Waals surface area contributed by atoms with E-state index >= 15 is 0 Å². The fourth-order valence-electron chi connectivity index (χ4n) is 2.39. The van der Waals surface area contributed by atoms with Crippen LogP contribution in [0.5, 0.6) is 0 Å². The Morgan fingerprint density at radius 3 is 2.57 bits per heavy atom. The summed E-state index contributed by atoms with van der Waals surface area (Å²) in [5, 5.41) is 11.8. The lowest BCUT2D eigenvalue weighted by atomic mass is 10.2. The maximum atomic E-state index is 12.5. The van der Waals surface area contributed by atoms with Gasteiger partial charge in [-0.1, -0.05) is 0 Å². The molecular formula is C13H21N3O4S. The van der Waals surface area contributed by atoms with Crippen molar-refractivity contribution in [3.05, 3.63) is 0 Å². The lowest BCUT2D eigenvalue weighted by molar-refractivity contribution is -0.141. The van der Waals surface area contributed by atoms with Crippen LogP contribution in [0.25, 0.3) is 0 Å². The number of carbonyl (C=O) groups is 3. The van der Waals surface area contributed by atoms with Crippen molar-refractivity contribution in [1.82, 2.24) is 15.1 Å². The van der Waals surface area contributed by atoms with E-state index in [-0.39, 0.29) is 30.3 Å². The number of hydrogen-bond donors (Lipinski definition) is 2. The highest BCUT2D eigenvalue weighted by atomic mass is 32.2. The highest BCUT2D eigenvalue weighted by Crippen LogP contribution is 2.45. The number of nitrogens with one attached hydrogen (secondary N) is 1. The van der Waals surface area contributed by atoms with Crippen molar-refractivity contribution in [2.45, 2.75) is 30.7 Å². The Bertz CT molecular complexity index is 441. The molecule has 0 bridgehead atoms. The van der Waals surface area contributed by atoms with Crippen molar-refractivity contribution in [3.63, 3.8) is 0 Å². The molecule has 1 aliphatic heterocycles. The van der Waals surface area contributed by atoms with Gasteiger partial charge >= 0.3 is 12.0 Å². The van der Waals surface area contributed by atoms with E-state index in [1.807, 2.05) is 0 Å². The SMILES string of the molecule is CNC(=O)CCN(C)C(=O)N1C(C(=O)O)CSC1C1CC1. The van der Waals surface area contributed by atoms with Gasteiger partial charge < -0.3 is 15.3 Å². The van der Waals surface area contributed by atoms with Crippen LogP contribution in [-0.2, 0) is 9.59 Å². The molecule has 8 heteroatoms.